The number of nitrogens with zero attached hydrogens (tertiary/aromatic N) is 3. The predicted molar refractivity (Wildman–Crippen MR) is 117 cm³/mol. The number of hydrogen-bond donors (Lipinski definition) is 2. The van der Waals surface area contributed by atoms with Crippen molar-refractivity contribution in [2.45, 2.75) is 59.0 Å². The van der Waals surface area contributed by atoms with Crippen LogP contribution in [0.1, 0.15) is 50.8 Å². The molecule has 1 aromatic rings. The first kappa shape index (κ1) is 22.2. The van der Waals surface area contributed by atoms with Gasteiger partial charge in [0.15, 0.2) is 5.96 Å². The van der Waals surface area contributed by atoms with Crippen molar-refractivity contribution in [3.05, 3.63) is 29.6 Å². The van der Waals surface area contributed by atoms with Gasteiger partial charge in [-0.05, 0) is 51.3 Å². The average Bonchev–Trinajstić information content (AvgIpc) is 2.60. The van der Waals surface area contributed by atoms with E-state index < -0.39 is 0 Å². The van der Waals surface area contributed by atoms with Crippen molar-refractivity contribution in [1.29, 1.82) is 0 Å². The Bertz CT molecular complexity index is 512. The van der Waals surface area contributed by atoms with E-state index >= 15 is 0 Å². The van der Waals surface area contributed by atoms with E-state index in [2.05, 4.69) is 47.4 Å². The molecule has 0 spiro atoms. The summed E-state index contributed by atoms with van der Waals surface area (Å²) in [6.45, 7) is 11.6. The molecule has 1 aromatic heterocycles. The zero-order valence-electron chi connectivity index (χ0n) is 15.9. The highest BCUT2D eigenvalue weighted by Crippen LogP contribution is 2.11. The molecule has 25 heavy (non-hydrogen) atoms. The van der Waals surface area contributed by atoms with Gasteiger partial charge >= 0.3 is 0 Å². The van der Waals surface area contributed by atoms with Crippen LogP contribution in [0.2, 0.25) is 0 Å². The molecule has 5 nitrogen and oxygen atoms in total. The summed E-state index contributed by atoms with van der Waals surface area (Å²) < 4.78 is 0. The SMILES string of the molecule is CCCCN1CCC(NC(=NCc2ncccc2C)NCC)CC1.I. The van der Waals surface area contributed by atoms with Gasteiger partial charge in [0.2, 0.25) is 0 Å². The van der Waals surface area contributed by atoms with Crippen LogP contribution >= 0.6 is 24.0 Å². The molecule has 0 bridgehead atoms. The second-order valence-electron chi connectivity index (χ2n) is 6.58. The van der Waals surface area contributed by atoms with Crippen LogP contribution in [0.25, 0.3) is 0 Å². The minimum absolute atomic E-state index is 0. The molecular weight excluding hydrogens is 425 g/mol. The van der Waals surface area contributed by atoms with Crippen molar-refractivity contribution in [1.82, 2.24) is 20.5 Å². The van der Waals surface area contributed by atoms with Crippen molar-refractivity contribution in [3.63, 3.8) is 0 Å². The van der Waals surface area contributed by atoms with Gasteiger partial charge in [0.25, 0.3) is 0 Å². The van der Waals surface area contributed by atoms with E-state index in [1.807, 2.05) is 12.3 Å². The zero-order chi connectivity index (χ0) is 17.2. The van der Waals surface area contributed by atoms with Crippen LogP contribution in [0.5, 0.6) is 0 Å². The van der Waals surface area contributed by atoms with Crippen LogP contribution in [0.15, 0.2) is 23.3 Å². The van der Waals surface area contributed by atoms with E-state index in [0.717, 1.165) is 18.2 Å². The largest absolute Gasteiger partial charge is 0.357 e. The molecule has 1 saturated heterocycles. The Morgan fingerprint density at radius 1 is 1.32 bits per heavy atom. The lowest BCUT2D eigenvalue weighted by Gasteiger charge is -2.33. The maximum absolute atomic E-state index is 4.73. The van der Waals surface area contributed by atoms with Gasteiger partial charge in [-0.3, -0.25) is 4.98 Å². The standard InChI is InChI=1S/C19H33N5.HI/c1-4-6-12-24-13-9-17(10-14-24)23-19(20-5-2)22-15-18-16(3)8-7-11-21-18;/h7-8,11,17H,4-6,9-10,12-15H2,1-3H3,(H2,20,22,23);1H. The van der Waals surface area contributed by atoms with Crippen molar-refractivity contribution >= 4 is 29.9 Å². The summed E-state index contributed by atoms with van der Waals surface area (Å²) in [6.07, 6.45) is 6.81. The topological polar surface area (TPSA) is 52.5 Å². The Balaban J connectivity index is 0.00000312. The number of aliphatic imine (C=N–C) groups is 1. The molecule has 1 fully saturated rings. The molecule has 1 aliphatic heterocycles. The second-order valence-corrected chi connectivity index (χ2v) is 6.58. The maximum Gasteiger partial charge on any atom is 0.191 e. The fourth-order valence-corrected chi connectivity index (χ4v) is 3.03. The third-order valence-electron chi connectivity index (χ3n) is 4.61. The second kappa shape index (κ2) is 12.5. The molecule has 2 N–H and O–H groups in total. The Labute approximate surface area is 170 Å². The number of halogens is 1. The highest BCUT2D eigenvalue weighted by Gasteiger charge is 2.19. The van der Waals surface area contributed by atoms with Crippen molar-refractivity contribution in [3.8, 4) is 0 Å². The summed E-state index contributed by atoms with van der Waals surface area (Å²) in [6, 6.07) is 4.58. The third kappa shape index (κ3) is 7.90. The Hall–Kier alpha value is -0.890. The van der Waals surface area contributed by atoms with E-state index in [0.29, 0.717) is 12.6 Å². The van der Waals surface area contributed by atoms with Gasteiger partial charge in [-0.1, -0.05) is 19.4 Å². The summed E-state index contributed by atoms with van der Waals surface area (Å²) in [4.78, 5) is 11.7. The average molecular weight is 459 g/mol. The number of rotatable bonds is 7. The number of pyridine rings is 1. The van der Waals surface area contributed by atoms with Crippen molar-refractivity contribution in [2.75, 3.05) is 26.2 Å². The first-order valence-electron chi connectivity index (χ1n) is 9.40. The molecule has 0 amide bonds. The summed E-state index contributed by atoms with van der Waals surface area (Å²) in [5, 5.41) is 6.97. The molecule has 0 aromatic carbocycles. The highest BCUT2D eigenvalue weighted by molar-refractivity contribution is 14.0. The predicted octanol–water partition coefficient (Wildman–Crippen LogP) is 3.33. The van der Waals surface area contributed by atoms with Crippen molar-refractivity contribution in [2.24, 2.45) is 4.99 Å². The quantitative estimate of drug-likeness (QED) is 0.373. The Kier molecular flexibility index (Phi) is 11.0. The van der Waals surface area contributed by atoms with Gasteiger partial charge in [-0.25, -0.2) is 4.99 Å². The number of unbranched alkanes of at least 4 members (excludes halogenated alkanes) is 1. The van der Waals surface area contributed by atoms with Gasteiger partial charge in [-0.2, -0.15) is 0 Å². The normalized spacial score (nSPS) is 16.4. The van der Waals surface area contributed by atoms with E-state index in [9.17, 15) is 0 Å². The number of likely N-dealkylation sites (tertiary alicyclic amines) is 1. The van der Waals surface area contributed by atoms with E-state index in [4.69, 9.17) is 4.99 Å². The monoisotopic (exact) mass is 459 g/mol. The fraction of sp³-hybridized carbons (Fsp3) is 0.684. The van der Waals surface area contributed by atoms with E-state index in [1.165, 1.54) is 50.9 Å². The lowest BCUT2D eigenvalue weighted by Crippen LogP contribution is -2.48. The van der Waals surface area contributed by atoms with Crippen molar-refractivity contribution < 1.29 is 0 Å². The first-order valence-corrected chi connectivity index (χ1v) is 9.40. The van der Waals surface area contributed by atoms with Gasteiger partial charge in [-0.15, -0.1) is 24.0 Å². The van der Waals surface area contributed by atoms with Crippen LogP contribution in [-0.2, 0) is 6.54 Å². The molecular formula is C19H34IN5. The molecule has 0 saturated carbocycles. The Morgan fingerprint density at radius 3 is 2.72 bits per heavy atom. The molecule has 142 valence electrons. The minimum atomic E-state index is 0. The zero-order valence-corrected chi connectivity index (χ0v) is 18.3. The molecule has 0 radical (unpaired) electrons. The van der Waals surface area contributed by atoms with Crippen LogP contribution in [-0.4, -0.2) is 48.1 Å². The molecule has 2 rings (SSSR count). The van der Waals surface area contributed by atoms with Crippen LogP contribution in [0, 0.1) is 6.92 Å². The smallest absolute Gasteiger partial charge is 0.191 e. The summed E-state index contributed by atoms with van der Waals surface area (Å²) in [5.74, 6) is 0.912. The molecule has 1 aliphatic rings. The number of nitrogens with one attached hydrogen (secondary N) is 2. The van der Waals surface area contributed by atoms with Crippen LogP contribution < -0.4 is 10.6 Å². The number of hydrogen-bond acceptors (Lipinski definition) is 3. The van der Waals surface area contributed by atoms with E-state index in [-0.39, 0.29) is 24.0 Å². The number of aryl methyl sites for hydroxylation is 1. The van der Waals surface area contributed by atoms with Gasteiger partial charge < -0.3 is 15.5 Å². The number of piperidine rings is 1. The van der Waals surface area contributed by atoms with Gasteiger partial charge in [0.1, 0.15) is 0 Å². The highest BCUT2D eigenvalue weighted by atomic mass is 127. The summed E-state index contributed by atoms with van der Waals surface area (Å²) >= 11 is 0. The molecule has 0 atom stereocenters. The van der Waals surface area contributed by atoms with Gasteiger partial charge in [0.05, 0.1) is 12.2 Å². The fourth-order valence-electron chi connectivity index (χ4n) is 3.03. The number of guanidine groups is 1. The molecule has 0 aliphatic carbocycles. The van der Waals surface area contributed by atoms with Crippen LogP contribution in [0.4, 0.5) is 0 Å². The third-order valence-corrected chi connectivity index (χ3v) is 4.61. The molecule has 6 heteroatoms. The Morgan fingerprint density at radius 2 is 2.08 bits per heavy atom. The summed E-state index contributed by atoms with van der Waals surface area (Å²) in [5.41, 5.74) is 2.24. The maximum atomic E-state index is 4.73. The lowest BCUT2D eigenvalue weighted by atomic mass is 10.0. The van der Waals surface area contributed by atoms with Crippen LogP contribution in [0.3, 0.4) is 0 Å². The lowest BCUT2D eigenvalue weighted by molar-refractivity contribution is 0.203. The minimum Gasteiger partial charge on any atom is -0.357 e. The molecule has 2 heterocycles. The first-order chi connectivity index (χ1) is 11.7. The number of aromatic nitrogens is 1. The van der Waals surface area contributed by atoms with E-state index in [1.54, 1.807) is 0 Å². The van der Waals surface area contributed by atoms with Gasteiger partial charge in [0, 0.05) is 31.9 Å². The molecule has 0 unspecified atom stereocenters. The summed E-state index contributed by atoms with van der Waals surface area (Å²) in [7, 11) is 0.